The Morgan fingerprint density at radius 2 is 1.38 bits per heavy atom. The lowest BCUT2D eigenvalue weighted by Crippen LogP contribution is -2.40. The van der Waals surface area contributed by atoms with Crippen molar-refractivity contribution < 1.29 is 9.47 Å². The van der Waals surface area contributed by atoms with Crippen LogP contribution < -0.4 is 9.80 Å². The zero-order valence-electron chi connectivity index (χ0n) is 14.3. The first-order valence-electron chi connectivity index (χ1n) is 8.62. The fourth-order valence-electron chi connectivity index (χ4n) is 2.90. The second kappa shape index (κ2) is 7.59. The minimum absolute atomic E-state index is 0.337. The molecule has 0 saturated carbocycles. The third-order valence-electron chi connectivity index (χ3n) is 4.29. The molecule has 2 aliphatic rings. The molecule has 4 heterocycles. The molecule has 0 bridgehead atoms. The van der Waals surface area contributed by atoms with Crippen LogP contribution in [0.4, 0.5) is 11.9 Å². The van der Waals surface area contributed by atoms with Crippen LogP contribution in [0.5, 0.6) is 0 Å². The van der Waals surface area contributed by atoms with Gasteiger partial charge in [0.1, 0.15) is 17.5 Å². The lowest BCUT2D eigenvalue weighted by molar-refractivity contribution is 0.121. The summed E-state index contributed by atoms with van der Waals surface area (Å²) >= 11 is 0. The molecule has 9 heteroatoms. The second-order valence-corrected chi connectivity index (χ2v) is 5.98. The molecule has 0 aromatic carbocycles. The van der Waals surface area contributed by atoms with Crippen LogP contribution in [0.1, 0.15) is 5.69 Å². The fourth-order valence-corrected chi connectivity index (χ4v) is 2.90. The molecule has 0 aliphatic carbocycles. The summed E-state index contributed by atoms with van der Waals surface area (Å²) < 4.78 is 10.8. The van der Waals surface area contributed by atoms with Crippen molar-refractivity contribution in [3.8, 4) is 17.6 Å². The Morgan fingerprint density at radius 3 is 1.92 bits per heavy atom. The maximum absolute atomic E-state index is 9.12. The van der Waals surface area contributed by atoms with E-state index in [1.54, 1.807) is 12.1 Å². The number of aromatic nitrogens is 4. The Labute approximate surface area is 151 Å². The van der Waals surface area contributed by atoms with Crippen molar-refractivity contribution in [1.29, 1.82) is 5.26 Å². The van der Waals surface area contributed by atoms with Gasteiger partial charge >= 0.3 is 0 Å². The van der Waals surface area contributed by atoms with Crippen molar-refractivity contribution in [1.82, 2.24) is 19.9 Å². The SMILES string of the molecule is N#Cc1cccc(-c2nc(N3CCOCC3)nc(N3CCOCC3)n2)n1. The predicted molar refractivity (Wildman–Crippen MR) is 93.8 cm³/mol. The van der Waals surface area contributed by atoms with E-state index in [1.807, 2.05) is 6.07 Å². The summed E-state index contributed by atoms with van der Waals surface area (Å²) in [4.78, 5) is 22.4. The van der Waals surface area contributed by atoms with E-state index in [0.717, 1.165) is 26.2 Å². The lowest BCUT2D eigenvalue weighted by Gasteiger charge is -2.30. The zero-order chi connectivity index (χ0) is 17.8. The Balaban J connectivity index is 1.75. The molecule has 26 heavy (non-hydrogen) atoms. The summed E-state index contributed by atoms with van der Waals surface area (Å²) in [6.07, 6.45) is 0. The lowest BCUT2D eigenvalue weighted by atomic mass is 10.3. The summed E-state index contributed by atoms with van der Waals surface area (Å²) in [7, 11) is 0. The maximum atomic E-state index is 9.12. The van der Waals surface area contributed by atoms with Crippen molar-refractivity contribution in [2.24, 2.45) is 0 Å². The molecule has 2 aliphatic heterocycles. The van der Waals surface area contributed by atoms with Gasteiger partial charge in [0.05, 0.1) is 26.4 Å². The number of anilines is 2. The van der Waals surface area contributed by atoms with E-state index in [1.165, 1.54) is 0 Å². The molecule has 0 atom stereocenters. The fraction of sp³-hybridized carbons (Fsp3) is 0.471. The zero-order valence-corrected chi connectivity index (χ0v) is 14.3. The second-order valence-electron chi connectivity index (χ2n) is 5.98. The summed E-state index contributed by atoms with van der Waals surface area (Å²) in [5.74, 6) is 1.70. The van der Waals surface area contributed by atoms with Gasteiger partial charge in [-0.05, 0) is 12.1 Å². The highest BCUT2D eigenvalue weighted by Gasteiger charge is 2.21. The summed E-state index contributed by atoms with van der Waals surface area (Å²) in [5, 5.41) is 9.12. The monoisotopic (exact) mass is 353 g/mol. The molecule has 2 saturated heterocycles. The van der Waals surface area contributed by atoms with Gasteiger partial charge in [0.15, 0.2) is 5.82 Å². The number of nitriles is 1. The Hall–Kier alpha value is -2.83. The molecular formula is C17H19N7O2. The molecule has 0 N–H and O–H groups in total. The van der Waals surface area contributed by atoms with E-state index in [9.17, 15) is 0 Å². The number of ether oxygens (including phenoxy) is 2. The van der Waals surface area contributed by atoms with Crippen LogP contribution in [0.25, 0.3) is 11.5 Å². The van der Waals surface area contributed by atoms with Gasteiger partial charge in [0.2, 0.25) is 11.9 Å². The number of rotatable bonds is 3. The van der Waals surface area contributed by atoms with E-state index in [4.69, 9.17) is 14.7 Å². The molecule has 2 aromatic heterocycles. The molecule has 134 valence electrons. The van der Waals surface area contributed by atoms with Crippen LogP contribution in [0.3, 0.4) is 0 Å². The third kappa shape index (κ3) is 3.56. The van der Waals surface area contributed by atoms with E-state index in [0.29, 0.717) is 55.5 Å². The molecule has 2 fully saturated rings. The summed E-state index contributed by atoms with van der Waals surface area (Å²) in [6.45, 7) is 5.53. The molecule has 0 radical (unpaired) electrons. The minimum Gasteiger partial charge on any atom is -0.378 e. The van der Waals surface area contributed by atoms with Crippen molar-refractivity contribution in [3.63, 3.8) is 0 Å². The Kier molecular flexibility index (Phi) is 4.86. The van der Waals surface area contributed by atoms with Crippen LogP contribution >= 0.6 is 0 Å². The number of morpholine rings is 2. The third-order valence-corrected chi connectivity index (χ3v) is 4.29. The van der Waals surface area contributed by atoms with Crippen LogP contribution in [0.2, 0.25) is 0 Å². The van der Waals surface area contributed by atoms with Gasteiger partial charge in [-0.2, -0.15) is 20.2 Å². The van der Waals surface area contributed by atoms with Crippen molar-refractivity contribution in [2.45, 2.75) is 0 Å². The van der Waals surface area contributed by atoms with Crippen LogP contribution in [0, 0.1) is 11.3 Å². The van der Waals surface area contributed by atoms with Gasteiger partial charge in [-0.25, -0.2) is 4.98 Å². The van der Waals surface area contributed by atoms with Crippen LogP contribution in [0.15, 0.2) is 18.2 Å². The number of hydrogen-bond acceptors (Lipinski definition) is 9. The van der Waals surface area contributed by atoms with E-state index >= 15 is 0 Å². The topological polar surface area (TPSA) is 100 Å². The quantitative estimate of drug-likeness (QED) is 0.779. The first-order chi connectivity index (χ1) is 12.8. The number of nitrogens with zero attached hydrogens (tertiary/aromatic N) is 7. The van der Waals surface area contributed by atoms with Gasteiger partial charge in [-0.1, -0.05) is 6.07 Å². The average Bonchev–Trinajstić information content (AvgIpc) is 2.75. The van der Waals surface area contributed by atoms with E-state index in [2.05, 4.69) is 35.8 Å². The highest BCUT2D eigenvalue weighted by molar-refractivity contribution is 5.55. The first kappa shape index (κ1) is 16.6. The van der Waals surface area contributed by atoms with Crippen molar-refractivity contribution >= 4 is 11.9 Å². The van der Waals surface area contributed by atoms with Crippen LogP contribution in [-0.2, 0) is 9.47 Å². The van der Waals surface area contributed by atoms with E-state index < -0.39 is 0 Å². The number of pyridine rings is 1. The summed E-state index contributed by atoms with van der Waals surface area (Å²) in [6, 6.07) is 7.31. The van der Waals surface area contributed by atoms with E-state index in [-0.39, 0.29) is 0 Å². The molecule has 2 aromatic rings. The smallest absolute Gasteiger partial charge is 0.230 e. The first-order valence-corrected chi connectivity index (χ1v) is 8.62. The highest BCUT2D eigenvalue weighted by Crippen LogP contribution is 2.21. The average molecular weight is 353 g/mol. The molecular weight excluding hydrogens is 334 g/mol. The van der Waals surface area contributed by atoms with Gasteiger partial charge in [0.25, 0.3) is 0 Å². The Morgan fingerprint density at radius 1 is 0.808 bits per heavy atom. The molecule has 0 amide bonds. The largest absolute Gasteiger partial charge is 0.378 e. The Bertz CT molecular complexity index is 775. The molecule has 4 rings (SSSR count). The maximum Gasteiger partial charge on any atom is 0.230 e. The van der Waals surface area contributed by atoms with Gasteiger partial charge in [0, 0.05) is 26.2 Å². The van der Waals surface area contributed by atoms with Gasteiger partial charge < -0.3 is 19.3 Å². The molecule has 9 nitrogen and oxygen atoms in total. The standard InChI is InChI=1S/C17H19N7O2/c18-12-13-2-1-3-14(19-13)15-20-16(23-4-8-25-9-5-23)22-17(21-15)24-6-10-26-11-7-24/h1-3H,4-11H2. The van der Waals surface area contributed by atoms with Crippen molar-refractivity contribution in [2.75, 3.05) is 62.4 Å². The molecule has 0 unspecified atom stereocenters. The highest BCUT2D eigenvalue weighted by atomic mass is 16.5. The predicted octanol–water partition coefficient (Wildman–Crippen LogP) is 0.478. The van der Waals surface area contributed by atoms with Crippen molar-refractivity contribution in [3.05, 3.63) is 23.9 Å². The molecule has 0 spiro atoms. The summed E-state index contributed by atoms with van der Waals surface area (Å²) in [5.41, 5.74) is 0.902. The van der Waals surface area contributed by atoms with Gasteiger partial charge in [-0.15, -0.1) is 0 Å². The number of hydrogen-bond donors (Lipinski definition) is 0. The van der Waals surface area contributed by atoms with Gasteiger partial charge in [-0.3, -0.25) is 0 Å². The van der Waals surface area contributed by atoms with Crippen LogP contribution in [-0.4, -0.2) is 72.5 Å². The minimum atomic E-state index is 0.337. The normalized spacial score (nSPS) is 17.8.